The fraction of sp³-hybridized carbons (Fsp3) is 0.417. The van der Waals surface area contributed by atoms with Crippen LogP contribution >= 0.6 is 0 Å². The summed E-state index contributed by atoms with van der Waals surface area (Å²) in [5, 5.41) is 17.6. The van der Waals surface area contributed by atoms with Gasteiger partial charge in [0.2, 0.25) is 0 Å². The van der Waals surface area contributed by atoms with Crippen LogP contribution in [-0.4, -0.2) is 31.9 Å². The number of methoxy groups -OCH3 is 1. The Morgan fingerprint density at radius 2 is 2.12 bits per heavy atom. The number of nitriles is 1. The van der Waals surface area contributed by atoms with Gasteiger partial charge < -0.3 is 14.7 Å². The standard InChI is InChI=1S/C12H16N2O2/c1-16-12-6-3-2-5-11(12)14(9-10-15)8-4-7-13/h2-3,5-6,15H,4,8-10H2,1H3. The number of aliphatic hydroxyl groups is 1. The lowest BCUT2D eigenvalue weighted by Crippen LogP contribution is -2.27. The van der Waals surface area contributed by atoms with Gasteiger partial charge in [-0.15, -0.1) is 0 Å². The van der Waals surface area contributed by atoms with Crippen molar-refractivity contribution >= 4 is 5.69 Å². The predicted molar refractivity (Wildman–Crippen MR) is 62.5 cm³/mol. The summed E-state index contributed by atoms with van der Waals surface area (Å²) >= 11 is 0. The molecular formula is C12H16N2O2. The quantitative estimate of drug-likeness (QED) is 0.787. The Hall–Kier alpha value is -1.73. The van der Waals surface area contributed by atoms with E-state index in [9.17, 15) is 0 Å². The highest BCUT2D eigenvalue weighted by molar-refractivity contribution is 5.58. The Bertz CT molecular complexity index is 360. The van der Waals surface area contributed by atoms with Crippen LogP contribution in [0.15, 0.2) is 24.3 Å². The first-order valence-corrected chi connectivity index (χ1v) is 5.19. The average molecular weight is 220 g/mol. The molecule has 1 rings (SSSR count). The van der Waals surface area contributed by atoms with E-state index >= 15 is 0 Å². The Labute approximate surface area is 95.7 Å². The molecule has 1 aromatic carbocycles. The van der Waals surface area contributed by atoms with Crippen molar-refractivity contribution in [3.63, 3.8) is 0 Å². The Kier molecular flexibility index (Phi) is 5.17. The molecule has 0 aliphatic carbocycles. The van der Waals surface area contributed by atoms with Crippen molar-refractivity contribution < 1.29 is 9.84 Å². The molecule has 4 nitrogen and oxygen atoms in total. The number of rotatable bonds is 6. The van der Waals surface area contributed by atoms with Crippen LogP contribution in [0.25, 0.3) is 0 Å². The van der Waals surface area contributed by atoms with Crippen LogP contribution in [0.5, 0.6) is 5.75 Å². The molecule has 0 aromatic heterocycles. The van der Waals surface area contributed by atoms with E-state index < -0.39 is 0 Å². The first-order valence-electron chi connectivity index (χ1n) is 5.19. The second-order valence-corrected chi connectivity index (χ2v) is 3.29. The molecule has 0 heterocycles. The van der Waals surface area contributed by atoms with E-state index in [-0.39, 0.29) is 6.61 Å². The average Bonchev–Trinajstić information content (AvgIpc) is 2.34. The summed E-state index contributed by atoms with van der Waals surface area (Å²) in [6, 6.07) is 9.69. The number of nitrogens with zero attached hydrogens (tertiary/aromatic N) is 2. The van der Waals surface area contributed by atoms with Crippen molar-refractivity contribution in [1.29, 1.82) is 5.26 Å². The highest BCUT2D eigenvalue weighted by Gasteiger charge is 2.10. The van der Waals surface area contributed by atoms with Crippen molar-refractivity contribution in [3.8, 4) is 11.8 Å². The number of hydrogen-bond acceptors (Lipinski definition) is 4. The molecule has 16 heavy (non-hydrogen) atoms. The minimum Gasteiger partial charge on any atom is -0.495 e. The normalized spacial score (nSPS) is 9.56. The van der Waals surface area contributed by atoms with Gasteiger partial charge in [0, 0.05) is 13.1 Å². The summed E-state index contributed by atoms with van der Waals surface area (Å²) in [4.78, 5) is 1.95. The molecule has 0 saturated heterocycles. The van der Waals surface area contributed by atoms with Crippen LogP contribution in [0.4, 0.5) is 5.69 Å². The van der Waals surface area contributed by atoms with E-state index in [1.165, 1.54) is 0 Å². The molecule has 0 spiro atoms. The fourth-order valence-corrected chi connectivity index (χ4v) is 1.55. The maximum absolute atomic E-state index is 9.00. The molecule has 0 radical (unpaired) electrons. The molecule has 0 aliphatic rings. The zero-order chi connectivity index (χ0) is 11.8. The first-order chi connectivity index (χ1) is 7.83. The largest absolute Gasteiger partial charge is 0.495 e. The molecule has 0 amide bonds. The molecule has 0 bridgehead atoms. The number of para-hydroxylation sites is 2. The molecule has 0 saturated carbocycles. The van der Waals surface area contributed by atoms with Crippen LogP contribution in [0.2, 0.25) is 0 Å². The van der Waals surface area contributed by atoms with Crippen molar-refractivity contribution in [2.45, 2.75) is 6.42 Å². The van der Waals surface area contributed by atoms with Gasteiger partial charge in [-0.1, -0.05) is 12.1 Å². The van der Waals surface area contributed by atoms with Crippen LogP contribution in [-0.2, 0) is 0 Å². The second-order valence-electron chi connectivity index (χ2n) is 3.29. The smallest absolute Gasteiger partial charge is 0.142 e. The summed E-state index contributed by atoms with van der Waals surface area (Å²) in [6.07, 6.45) is 0.429. The first kappa shape index (κ1) is 12.3. The third-order valence-electron chi connectivity index (χ3n) is 2.29. The zero-order valence-electron chi connectivity index (χ0n) is 9.39. The Morgan fingerprint density at radius 1 is 1.38 bits per heavy atom. The molecule has 0 unspecified atom stereocenters. The molecule has 4 heteroatoms. The number of hydrogen-bond donors (Lipinski definition) is 1. The number of benzene rings is 1. The lowest BCUT2D eigenvalue weighted by molar-refractivity contribution is 0.301. The van der Waals surface area contributed by atoms with Crippen LogP contribution in [0.1, 0.15) is 6.42 Å². The summed E-state index contributed by atoms with van der Waals surface area (Å²) in [7, 11) is 1.61. The topological polar surface area (TPSA) is 56.5 Å². The maximum atomic E-state index is 9.00. The van der Waals surface area contributed by atoms with E-state index in [2.05, 4.69) is 6.07 Å². The Balaban J connectivity index is 2.86. The van der Waals surface area contributed by atoms with E-state index in [1.807, 2.05) is 29.2 Å². The van der Waals surface area contributed by atoms with E-state index in [0.717, 1.165) is 11.4 Å². The van der Waals surface area contributed by atoms with Crippen molar-refractivity contribution in [3.05, 3.63) is 24.3 Å². The summed E-state index contributed by atoms with van der Waals surface area (Å²) < 4.78 is 5.25. The van der Waals surface area contributed by atoms with Gasteiger partial charge in [-0.25, -0.2) is 0 Å². The maximum Gasteiger partial charge on any atom is 0.142 e. The molecule has 0 fully saturated rings. The zero-order valence-corrected chi connectivity index (χ0v) is 9.39. The van der Waals surface area contributed by atoms with Crippen LogP contribution < -0.4 is 9.64 Å². The van der Waals surface area contributed by atoms with Crippen LogP contribution in [0, 0.1) is 11.3 Å². The predicted octanol–water partition coefficient (Wildman–Crippen LogP) is 1.41. The van der Waals surface area contributed by atoms with Gasteiger partial charge >= 0.3 is 0 Å². The third kappa shape index (κ3) is 3.14. The number of anilines is 1. The lowest BCUT2D eigenvalue weighted by atomic mass is 10.2. The van der Waals surface area contributed by atoms with Gasteiger partial charge in [-0.3, -0.25) is 0 Å². The van der Waals surface area contributed by atoms with Gasteiger partial charge in [0.15, 0.2) is 0 Å². The molecular weight excluding hydrogens is 204 g/mol. The van der Waals surface area contributed by atoms with Gasteiger partial charge in [0.25, 0.3) is 0 Å². The highest BCUT2D eigenvalue weighted by Crippen LogP contribution is 2.27. The van der Waals surface area contributed by atoms with Gasteiger partial charge in [-0.05, 0) is 12.1 Å². The van der Waals surface area contributed by atoms with Gasteiger partial charge in [-0.2, -0.15) is 5.26 Å². The fourth-order valence-electron chi connectivity index (χ4n) is 1.55. The number of aliphatic hydroxyl groups excluding tert-OH is 1. The van der Waals surface area contributed by atoms with Crippen molar-refractivity contribution in [1.82, 2.24) is 0 Å². The molecule has 0 atom stereocenters. The third-order valence-corrected chi connectivity index (χ3v) is 2.29. The molecule has 1 aromatic rings. The van der Waals surface area contributed by atoms with E-state index in [1.54, 1.807) is 7.11 Å². The van der Waals surface area contributed by atoms with Gasteiger partial charge in [0.1, 0.15) is 5.75 Å². The highest BCUT2D eigenvalue weighted by atomic mass is 16.5. The molecule has 1 N–H and O–H groups in total. The number of ether oxygens (including phenoxy) is 1. The minimum atomic E-state index is 0.0590. The summed E-state index contributed by atoms with van der Waals surface area (Å²) in [5.74, 6) is 0.758. The monoisotopic (exact) mass is 220 g/mol. The van der Waals surface area contributed by atoms with E-state index in [4.69, 9.17) is 15.1 Å². The Morgan fingerprint density at radius 3 is 2.75 bits per heavy atom. The van der Waals surface area contributed by atoms with Crippen molar-refractivity contribution in [2.24, 2.45) is 0 Å². The minimum absolute atomic E-state index is 0.0590. The van der Waals surface area contributed by atoms with Crippen molar-refractivity contribution in [2.75, 3.05) is 31.7 Å². The molecule has 0 aliphatic heterocycles. The summed E-state index contributed by atoms with van der Waals surface area (Å²) in [5.41, 5.74) is 0.911. The molecule has 86 valence electrons. The lowest BCUT2D eigenvalue weighted by Gasteiger charge is -2.24. The van der Waals surface area contributed by atoms with Crippen LogP contribution in [0.3, 0.4) is 0 Å². The SMILES string of the molecule is COc1ccccc1N(CCO)CCC#N. The van der Waals surface area contributed by atoms with Gasteiger partial charge in [0.05, 0.1) is 31.9 Å². The summed E-state index contributed by atoms with van der Waals surface area (Å²) in [6.45, 7) is 1.16. The second kappa shape index (κ2) is 6.70. The van der Waals surface area contributed by atoms with E-state index in [0.29, 0.717) is 19.5 Å².